The standard InChI is InChI=1S/C28H33F3N6O2/c1-5-39-23-12-20(34-13-22(23)29)6-8-37-17-27(16-28(27,30)31)24-19(15-35(3)4)10-18(11-21(24)25(37)38)14-36-9-7-33-26(36)32-2/h7,9-13H,5-6,8,14-17H2,1-4H3,(H,32,33)/t27-/m0/s1. The largest absolute Gasteiger partial charge is 0.491 e. The first-order valence-corrected chi connectivity index (χ1v) is 13.0. The van der Waals surface area contributed by atoms with E-state index in [1.807, 2.05) is 35.8 Å². The highest BCUT2D eigenvalue weighted by atomic mass is 19.3. The van der Waals surface area contributed by atoms with Crippen LogP contribution in [0.2, 0.25) is 0 Å². The van der Waals surface area contributed by atoms with E-state index >= 15 is 8.78 Å². The average molecular weight is 543 g/mol. The zero-order valence-electron chi connectivity index (χ0n) is 22.6. The second-order valence-corrected chi connectivity index (χ2v) is 10.5. The van der Waals surface area contributed by atoms with Crippen LogP contribution in [0.15, 0.2) is 36.8 Å². The molecule has 0 radical (unpaired) electrons. The van der Waals surface area contributed by atoms with Crippen molar-refractivity contribution in [2.24, 2.45) is 0 Å². The third-order valence-corrected chi connectivity index (χ3v) is 7.43. The minimum atomic E-state index is -2.91. The summed E-state index contributed by atoms with van der Waals surface area (Å²) in [5.41, 5.74) is 1.46. The number of fused-ring (bicyclic) bond motifs is 2. The fraction of sp³-hybridized carbons (Fsp3) is 0.464. The molecule has 0 unspecified atom stereocenters. The molecule has 0 bridgehead atoms. The van der Waals surface area contributed by atoms with E-state index in [1.165, 1.54) is 11.0 Å². The van der Waals surface area contributed by atoms with Crippen LogP contribution in [-0.2, 0) is 24.9 Å². The molecular weight excluding hydrogens is 509 g/mol. The molecule has 2 aromatic heterocycles. The summed E-state index contributed by atoms with van der Waals surface area (Å²) < 4.78 is 51.5. The van der Waals surface area contributed by atoms with Gasteiger partial charge in [0.1, 0.15) is 0 Å². The molecule has 208 valence electrons. The summed E-state index contributed by atoms with van der Waals surface area (Å²) in [6.45, 7) is 3.02. The van der Waals surface area contributed by atoms with Gasteiger partial charge >= 0.3 is 0 Å². The molecule has 1 aromatic carbocycles. The van der Waals surface area contributed by atoms with E-state index in [2.05, 4.69) is 15.3 Å². The average Bonchev–Trinajstić information content (AvgIpc) is 3.18. The molecule has 1 fully saturated rings. The van der Waals surface area contributed by atoms with Crippen LogP contribution in [0.1, 0.15) is 46.1 Å². The van der Waals surface area contributed by atoms with Gasteiger partial charge in [-0.2, -0.15) is 0 Å². The molecule has 11 heteroatoms. The van der Waals surface area contributed by atoms with Crippen molar-refractivity contribution in [3.8, 4) is 5.75 Å². The van der Waals surface area contributed by atoms with Gasteiger partial charge in [0.05, 0.1) is 24.8 Å². The molecule has 1 spiro atoms. The van der Waals surface area contributed by atoms with E-state index < -0.39 is 17.2 Å². The zero-order valence-corrected chi connectivity index (χ0v) is 22.6. The van der Waals surface area contributed by atoms with Crippen molar-refractivity contribution < 1.29 is 22.7 Å². The number of nitrogens with one attached hydrogen (secondary N) is 1. The van der Waals surface area contributed by atoms with Crippen LogP contribution in [0.25, 0.3) is 0 Å². The number of aromatic nitrogens is 3. The predicted molar refractivity (Wildman–Crippen MR) is 141 cm³/mol. The maximum absolute atomic E-state index is 15.2. The number of amides is 1. The maximum atomic E-state index is 15.2. The van der Waals surface area contributed by atoms with Gasteiger partial charge in [-0.3, -0.25) is 9.78 Å². The number of rotatable bonds is 10. The molecule has 1 amide bonds. The lowest BCUT2D eigenvalue weighted by atomic mass is 9.81. The van der Waals surface area contributed by atoms with Crippen molar-refractivity contribution in [2.45, 2.75) is 44.2 Å². The Morgan fingerprint density at radius 3 is 2.64 bits per heavy atom. The number of alkyl halides is 2. The lowest BCUT2D eigenvalue weighted by Gasteiger charge is -2.37. The van der Waals surface area contributed by atoms with E-state index in [9.17, 15) is 9.18 Å². The molecule has 2 aliphatic rings. The summed E-state index contributed by atoms with van der Waals surface area (Å²) in [5, 5.41) is 3.03. The fourth-order valence-electron chi connectivity index (χ4n) is 5.64. The van der Waals surface area contributed by atoms with E-state index in [1.54, 1.807) is 26.2 Å². The quantitative estimate of drug-likeness (QED) is 0.418. The molecule has 0 saturated heterocycles. The minimum Gasteiger partial charge on any atom is -0.491 e. The topological polar surface area (TPSA) is 75.5 Å². The van der Waals surface area contributed by atoms with Crippen molar-refractivity contribution >= 4 is 11.9 Å². The first-order valence-electron chi connectivity index (χ1n) is 13.0. The number of imidazole rings is 1. The van der Waals surface area contributed by atoms with Crippen LogP contribution in [0.3, 0.4) is 0 Å². The van der Waals surface area contributed by atoms with Gasteiger partial charge in [-0.15, -0.1) is 0 Å². The Kier molecular flexibility index (Phi) is 7.04. The number of hydrogen-bond acceptors (Lipinski definition) is 6. The predicted octanol–water partition coefficient (Wildman–Crippen LogP) is 3.94. The van der Waals surface area contributed by atoms with Crippen molar-refractivity contribution in [1.29, 1.82) is 0 Å². The third kappa shape index (κ3) is 4.95. The first kappa shape index (κ1) is 27.0. The van der Waals surface area contributed by atoms with Gasteiger partial charge in [0.15, 0.2) is 11.6 Å². The molecule has 1 aliphatic carbocycles. The molecule has 5 rings (SSSR count). The third-order valence-electron chi connectivity index (χ3n) is 7.43. The molecule has 8 nitrogen and oxygen atoms in total. The van der Waals surface area contributed by atoms with Gasteiger partial charge < -0.3 is 24.4 Å². The van der Waals surface area contributed by atoms with Crippen molar-refractivity contribution in [2.75, 3.05) is 46.2 Å². The zero-order chi connectivity index (χ0) is 27.9. The van der Waals surface area contributed by atoms with Gasteiger partial charge in [-0.1, -0.05) is 6.07 Å². The molecule has 1 aliphatic heterocycles. The Bertz CT molecular complexity index is 1390. The number of hydrogen-bond donors (Lipinski definition) is 1. The number of benzene rings is 1. The van der Waals surface area contributed by atoms with E-state index in [-0.39, 0.29) is 37.6 Å². The SMILES string of the molecule is CCOc1cc(CCN2C[C@@]3(CC3(F)F)c3c(CN(C)C)cc(Cn4ccnc4NC)cc3C2=O)ncc1F. The van der Waals surface area contributed by atoms with Crippen LogP contribution in [0.4, 0.5) is 19.1 Å². The van der Waals surface area contributed by atoms with Crippen LogP contribution >= 0.6 is 0 Å². The molecule has 3 heterocycles. The molecule has 39 heavy (non-hydrogen) atoms. The van der Waals surface area contributed by atoms with E-state index in [0.29, 0.717) is 42.5 Å². The molecular formula is C28H33F3N6O2. The van der Waals surface area contributed by atoms with Crippen molar-refractivity contribution in [3.63, 3.8) is 0 Å². The molecule has 1 atom stereocenters. The number of carbonyl (C=O) groups is 1. The summed E-state index contributed by atoms with van der Waals surface area (Å²) in [5.74, 6) is -3.02. The van der Waals surface area contributed by atoms with E-state index in [0.717, 1.165) is 17.3 Å². The summed E-state index contributed by atoms with van der Waals surface area (Å²) in [4.78, 5) is 25.6. The molecule has 1 saturated carbocycles. The molecule has 1 N–H and O–H groups in total. The van der Waals surface area contributed by atoms with Crippen LogP contribution < -0.4 is 10.1 Å². The number of halogens is 3. The number of pyridine rings is 1. The van der Waals surface area contributed by atoms with Crippen LogP contribution in [0, 0.1) is 5.82 Å². The highest BCUT2D eigenvalue weighted by Gasteiger charge is 2.74. The van der Waals surface area contributed by atoms with Gasteiger partial charge in [0.2, 0.25) is 5.95 Å². The fourth-order valence-corrected chi connectivity index (χ4v) is 5.64. The second-order valence-electron chi connectivity index (χ2n) is 10.5. The highest BCUT2D eigenvalue weighted by molar-refractivity contribution is 5.99. The Labute approximate surface area is 225 Å². The summed E-state index contributed by atoms with van der Waals surface area (Å²) >= 11 is 0. The van der Waals surface area contributed by atoms with Gasteiger partial charge in [-0.25, -0.2) is 18.2 Å². The Morgan fingerprint density at radius 2 is 1.97 bits per heavy atom. The first-order chi connectivity index (χ1) is 18.6. The van der Waals surface area contributed by atoms with Gasteiger partial charge in [0.25, 0.3) is 11.8 Å². The minimum absolute atomic E-state index is 0.0729. The number of nitrogens with zero attached hydrogens (tertiary/aromatic N) is 5. The lowest BCUT2D eigenvalue weighted by Crippen LogP contribution is -2.47. The lowest BCUT2D eigenvalue weighted by molar-refractivity contribution is 0.0533. The number of ether oxygens (including phenoxy) is 1. The number of anilines is 1. The smallest absolute Gasteiger partial charge is 0.260 e. The Morgan fingerprint density at radius 1 is 1.21 bits per heavy atom. The Balaban J connectivity index is 1.51. The summed E-state index contributed by atoms with van der Waals surface area (Å²) in [6, 6.07) is 5.19. The van der Waals surface area contributed by atoms with Crippen LogP contribution in [0.5, 0.6) is 5.75 Å². The molecule has 3 aromatic rings. The normalized spacial score (nSPS) is 19.5. The number of carbonyl (C=O) groups excluding carboxylic acids is 1. The van der Waals surface area contributed by atoms with Crippen LogP contribution in [-0.4, -0.2) is 77.0 Å². The summed E-state index contributed by atoms with van der Waals surface area (Å²) in [6.07, 6.45) is 4.57. The highest BCUT2D eigenvalue weighted by Crippen LogP contribution is 2.64. The summed E-state index contributed by atoms with van der Waals surface area (Å²) in [7, 11) is 5.54. The maximum Gasteiger partial charge on any atom is 0.260 e. The van der Waals surface area contributed by atoms with Gasteiger partial charge in [0, 0.05) is 69.2 Å². The van der Waals surface area contributed by atoms with Gasteiger partial charge in [-0.05, 0) is 43.8 Å². The second kappa shape index (κ2) is 10.2. The monoisotopic (exact) mass is 542 g/mol. The van der Waals surface area contributed by atoms with E-state index in [4.69, 9.17) is 4.74 Å². The van der Waals surface area contributed by atoms with Crippen molar-refractivity contribution in [3.05, 3.63) is 70.6 Å². The Hall–Kier alpha value is -3.60. The van der Waals surface area contributed by atoms with Crippen molar-refractivity contribution in [1.82, 2.24) is 24.3 Å².